The third kappa shape index (κ3) is 4.27. The molecule has 0 aromatic carbocycles. The lowest BCUT2D eigenvalue weighted by atomic mass is 9.32. The minimum Gasteiger partial charge on any atom is -0.500 e. The predicted octanol–water partition coefficient (Wildman–Crippen LogP) is 11.5. The zero-order valence-electron chi connectivity index (χ0n) is 29.5. The highest BCUT2D eigenvalue weighted by molar-refractivity contribution is 5.53. The quantitative estimate of drug-likeness (QED) is 0.282. The standard InChI is InChI=1S/C42H63O2.H2/c1-10-28-25-39(6)34(38(4,5)37(28)43-9)18-19-41(8)35(39)16-15-32-36-30(27(2)3)17-20-42(36,22-21-40(32,41)7)26-29-24-31(29)33-14-12-11-13-23-44-33;/h10,24,30,32-36H,1-2,11-23,25-26H2,3-9H3;1H/t30-,32+,33?,34?,35+,36+,39-,40+,41+,42+;/m0./s1. The van der Waals surface area contributed by atoms with E-state index in [1.54, 1.807) is 11.1 Å². The monoisotopic (exact) mass is 601 g/mol. The van der Waals surface area contributed by atoms with Crippen LogP contribution < -0.4 is 0 Å². The molecule has 7 rings (SSSR count). The largest absolute Gasteiger partial charge is 0.500 e. The smallest absolute Gasteiger partial charge is 0.105 e. The van der Waals surface area contributed by atoms with Crippen molar-refractivity contribution in [1.29, 1.82) is 0 Å². The Kier molecular flexibility index (Phi) is 7.56. The Bertz CT molecular complexity index is 1270. The zero-order valence-corrected chi connectivity index (χ0v) is 29.5. The normalized spacial score (nSPS) is 48.0. The van der Waals surface area contributed by atoms with Gasteiger partial charge in [-0.1, -0.05) is 77.8 Å². The van der Waals surface area contributed by atoms with E-state index in [0.717, 1.165) is 30.8 Å². The fourth-order valence-electron chi connectivity index (χ4n) is 14.2. The molecule has 2 nitrogen and oxygen atoms in total. The van der Waals surface area contributed by atoms with Gasteiger partial charge >= 0.3 is 0 Å². The van der Waals surface area contributed by atoms with E-state index in [9.17, 15) is 0 Å². The van der Waals surface area contributed by atoms with Crippen LogP contribution in [0.3, 0.4) is 0 Å². The summed E-state index contributed by atoms with van der Waals surface area (Å²) in [5, 5.41) is 0. The molecule has 0 N–H and O–H groups in total. The Hall–Kier alpha value is -1.28. The molecule has 1 heterocycles. The molecule has 1 radical (unpaired) electrons. The summed E-state index contributed by atoms with van der Waals surface area (Å²) in [7, 11) is 1.89. The minimum absolute atomic E-state index is 0. The minimum atomic E-state index is 0. The molecule has 0 aromatic heterocycles. The predicted molar refractivity (Wildman–Crippen MR) is 185 cm³/mol. The van der Waals surface area contributed by atoms with E-state index in [2.05, 4.69) is 67.2 Å². The molecule has 0 bridgehead atoms. The van der Waals surface area contributed by atoms with Gasteiger partial charge in [-0.3, -0.25) is 0 Å². The second kappa shape index (κ2) is 10.6. The number of hydrogen-bond acceptors (Lipinski definition) is 2. The number of ether oxygens (including phenoxy) is 2. The van der Waals surface area contributed by atoms with E-state index in [4.69, 9.17) is 9.47 Å². The lowest BCUT2D eigenvalue weighted by Gasteiger charge is -2.72. The van der Waals surface area contributed by atoms with Gasteiger partial charge in [0.15, 0.2) is 0 Å². The maximum Gasteiger partial charge on any atom is 0.105 e. The molecule has 4 saturated carbocycles. The van der Waals surface area contributed by atoms with Gasteiger partial charge in [0.05, 0.1) is 13.2 Å². The summed E-state index contributed by atoms with van der Waals surface area (Å²) in [6.07, 6.45) is 23.7. The Morgan fingerprint density at radius 3 is 2.48 bits per heavy atom. The summed E-state index contributed by atoms with van der Waals surface area (Å²) >= 11 is 0. The van der Waals surface area contributed by atoms with Crippen molar-refractivity contribution < 1.29 is 10.9 Å². The van der Waals surface area contributed by atoms with Gasteiger partial charge in [0.2, 0.25) is 0 Å². The molecule has 10 atom stereocenters. The van der Waals surface area contributed by atoms with Crippen molar-refractivity contribution in [3.63, 3.8) is 0 Å². The summed E-state index contributed by atoms with van der Waals surface area (Å²) in [5.74, 6) is 4.89. The Balaban J connectivity index is 0.00000357. The first-order chi connectivity index (χ1) is 20.9. The molecule has 5 fully saturated rings. The summed E-state index contributed by atoms with van der Waals surface area (Å²) < 4.78 is 12.5. The van der Waals surface area contributed by atoms with Gasteiger partial charge in [-0.15, -0.1) is 0 Å². The van der Waals surface area contributed by atoms with Crippen LogP contribution in [0.2, 0.25) is 0 Å². The number of rotatable bonds is 6. The lowest BCUT2D eigenvalue weighted by molar-refractivity contribution is -0.229. The highest BCUT2D eigenvalue weighted by Gasteiger charge is 2.71. The molecule has 1 saturated heterocycles. The van der Waals surface area contributed by atoms with Crippen LogP contribution in [0.5, 0.6) is 0 Å². The lowest BCUT2D eigenvalue weighted by Crippen LogP contribution is -2.65. The molecule has 2 unspecified atom stereocenters. The molecular formula is C42H65O2. The van der Waals surface area contributed by atoms with Crippen molar-refractivity contribution >= 4 is 0 Å². The van der Waals surface area contributed by atoms with E-state index in [1.807, 2.05) is 7.11 Å². The first kappa shape index (κ1) is 31.3. The van der Waals surface area contributed by atoms with E-state index < -0.39 is 0 Å². The van der Waals surface area contributed by atoms with Gasteiger partial charge in [-0.25, -0.2) is 0 Å². The van der Waals surface area contributed by atoms with Gasteiger partial charge in [0.25, 0.3) is 0 Å². The first-order valence-corrected chi connectivity index (χ1v) is 18.6. The first-order valence-electron chi connectivity index (χ1n) is 18.6. The van der Waals surface area contributed by atoms with E-state index in [1.165, 1.54) is 100 Å². The molecular weight excluding hydrogens is 536 g/mol. The second-order valence-electron chi connectivity index (χ2n) is 18.2. The maximum atomic E-state index is 6.37. The van der Waals surface area contributed by atoms with E-state index >= 15 is 0 Å². The van der Waals surface area contributed by atoms with Crippen molar-refractivity contribution in [3.05, 3.63) is 53.7 Å². The van der Waals surface area contributed by atoms with Crippen molar-refractivity contribution in [2.75, 3.05) is 13.7 Å². The topological polar surface area (TPSA) is 18.5 Å². The zero-order chi connectivity index (χ0) is 31.3. The summed E-state index contributed by atoms with van der Waals surface area (Å²) in [5.41, 5.74) is 7.66. The van der Waals surface area contributed by atoms with Crippen LogP contribution in [-0.2, 0) is 9.47 Å². The number of fused-ring (bicyclic) bond motifs is 7. The van der Waals surface area contributed by atoms with Crippen molar-refractivity contribution in [3.8, 4) is 0 Å². The molecule has 6 aliphatic carbocycles. The summed E-state index contributed by atoms with van der Waals surface area (Å²) in [4.78, 5) is 0. The summed E-state index contributed by atoms with van der Waals surface area (Å²) in [6.45, 7) is 25.5. The molecule has 0 amide bonds. The highest BCUT2D eigenvalue weighted by Crippen LogP contribution is 2.78. The Morgan fingerprint density at radius 2 is 1.75 bits per heavy atom. The van der Waals surface area contributed by atoms with Crippen LogP contribution in [0, 0.1) is 63.1 Å². The molecule has 7 aliphatic rings. The third-order valence-corrected chi connectivity index (χ3v) is 16.2. The van der Waals surface area contributed by atoms with Crippen LogP contribution in [0.15, 0.2) is 47.3 Å². The average Bonchev–Trinajstić information content (AvgIpc) is 3.69. The number of methoxy groups -OCH3 is 1. The third-order valence-electron chi connectivity index (χ3n) is 16.2. The van der Waals surface area contributed by atoms with Crippen LogP contribution in [0.25, 0.3) is 0 Å². The molecule has 0 aromatic rings. The van der Waals surface area contributed by atoms with E-state index in [0.29, 0.717) is 34.2 Å². The number of hydrogen-bond donors (Lipinski definition) is 0. The van der Waals surface area contributed by atoms with Gasteiger partial charge in [-0.05, 0) is 146 Å². The molecule has 0 spiro atoms. The van der Waals surface area contributed by atoms with Gasteiger partial charge in [0, 0.05) is 19.9 Å². The van der Waals surface area contributed by atoms with Crippen LogP contribution >= 0.6 is 0 Å². The van der Waals surface area contributed by atoms with Crippen molar-refractivity contribution in [2.45, 2.75) is 138 Å². The Morgan fingerprint density at radius 1 is 0.955 bits per heavy atom. The SMILES string of the molecule is C=CC1=C(OC)C(C)(C)C2CC[C@]3(C)[C@H](CC[C@@H]4[C@H]5[C@H](C(=C)C)CC[C@]5(CC5=C(C6CCCCCO6)[CH]5)CC[C@]43C)[C@@]2(C)C1.[HH]. The van der Waals surface area contributed by atoms with Crippen LogP contribution in [0.1, 0.15) is 133 Å². The van der Waals surface area contributed by atoms with Crippen molar-refractivity contribution in [1.82, 2.24) is 0 Å². The maximum absolute atomic E-state index is 6.37. The fourth-order valence-corrected chi connectivity index (χ4v) is 14.2. The van der Waals surface area contributed by atoms with Gasteiger partial charge < -0.3 is 9.47 Å². The van der Waals surface area contributed by atoms with E-state index in [-0.39, 0.29) is 12.3 Å². The average molecular weight is 602 g/mol. The molecule has 2 heteroatoms. The van der Waals surface area contributed by atoms with Crippen LogP contribution in [-0.4, -0.2) is 19.8 Å². The molecule has 1 aliphatic heterocycles. The van der Waals surface area contributed by atoms with Gasteiger partial charge in [-0.2, -0.15) is 0 Å². The second-order valence-corrected chi connectivity index (χ2v) is 18.2. The number of allylic oxidation sites excluding steroid dienone is 5. The van der Waals surface area contributed by atoms with Crippen LogP contribution in [0.4, 0.5) is 0 Å². The Labute approximate surface area is 272 Å². The highest BCUT2D eigenvalue weighted by atomic mass is 16.5. The molecule has 245 valence electrons. The van der Waals surface area contributed by atoms with Gasteiger partial charge in [0.1, 0.15) is 5.76 Å². The fraction of sp³-hybridized carbons (Fsp3) is 0.786. The molecule has 44 heavy (non-hydrogen) atoms. The summed E-state index contributed by atoms with van der Waals surface area (Å²) in [6, 6.07) is 0. The van der Waals surface area contributed by atoms with Crippen molar-refractivity contribution in [2.24, 2.45) is 56.7 Å².